The molecule has 4 aromatic rings. The molecular weight excluding hydrogens is 385 g/mol. The van der Waals surface area contributed by atoms with Gasteiger partial charge in [-0.2, -0.15) is 0 Å². The van der Waals surface area contributed by atoms with Crippen molar-refractivity contribution in [2.75, 3.05) is 0 Å². The van der Waals surface area contributed by atoms with Crippen LogP contribution in [0, 0.1) is 12.7 Å². The van der Waals surface area contributed by atoms with Crippen molar-refractivity contribution in [1.29, 1.82) is 0 Å². The van der Waals surface area contributed by atoms with Crippen LogP contribution in [0.2, 0.25) is 0 Å². The highest BCUT2D eigenvalue weighted by Crippen LogP contribution is 2.27. The van der Waals surface area contributed by atoms with Crippen molar-refractivity contribution >= 4 is 22.2 Å². The first-order valence-electron chi connectivity index (χ1n) is 8.26. The minimum Gasteiger partial charge on any atom is -0.347 e. The van der Waals surface area contributed by atoms with Crippen LogP contribution in [0.15, 0.2) is 46.2 Å². The minimum atomic E-state index is -0.747. The molecule has 3 heterocycles. The Hall–Kier alpha value is -3.53. The third kappa shape index (κ3) is 3.25. The predicted octanol–water partition coefficient (Wildman–Crippen LogP) is 1.82. The monoisotopic (exact) mass is 399 g/mol. The molecule has 0 fully saturated rings. The van der Waals surface area contributed by atoms with E-state index in [1.807, 2.05) is 22.5 Å². The fourth-order valence-corrected chi connectivity index (χ4v) is 3.79. The van der Waals surface area contributed by atoms with Crippen molar-refractivity contribution in [2.45, 2.75) is 13.5 Å². The number of nitrogens with one attached hydrogen (secondary N) is 3. The van der Waals surface area contributed by atoms with Crippen molar-refractivity contribution in [1.82, 2.24) is 24.7 Å². The summed E-state index contributed by atoms with van der Waals surface area (Å²) in [6.07, 6.45) is 2.94. The number of aryl methyl sites for hydroxylation is 1. The van der Waals surface area contributed by atoms with Crippen LogP contribution in [0.5, 0.6) is 0 Å². The lowest BCUT2D eigenvalue weighted by molar-refractivity contribution is 0.0949. The van der Waals surface area contributed by atoms with Crippen LogP contribution in [0.4, 0.5) is 4.39 Å². The number of fused-ring (bicyclic) bond motifs is 1. The van der Waals surface area contributed by atoms with E-state index < -0.39 is 17.2 Å². The third-order valence-corrected chi connectivity index (χ3v) is 5.42. The molecule has 0 spiro atoms. The van der Waals surface area contributed by atoms with E-state index in [4.69, 9.17) is 0 Å². The van der Waals surface area contributed by atoms with Crippen LogP contribution in [0.1, 0.15) is 20.9 Å². The highest BCUT2D eigenvalue weighted by molar-refractivity contribution is 7.17. The van der Waals surface area contributed by atoms with Gasteiger partial charge in [-0.25, -0.2) is 14.2 Å². The number of halogens is 1. The van der Waals surface area contributed by atoms with Gasteiger partial charge in [0.25, 0.3) is 11.5 Å². The van der Waals surface area contributed by atoms with E-state index in [1.165, 1.54) is 23.5 Å². The third-order valence-electron chi connectivity index (χ3n) is 4.27. The van der Waals surface area contributed by atoms with Crippen LogP contribution in [0.3, 0.4) is 0 Å². The Balaban J connectivity index is 1.55. The number of thiazole rings is 1. The van der Waals surface area contributed by atoms with E-state index in [2.05, 4.69) is 15.3 Å². The maximum atomic E-state index is 13.1. The molecule has 1 amide bonds. The fraction of sp³-hybridized carbons (Fsp3) is 0.111. The largest absolute Gasteiger partial charge is 0.347 e. The number of carbonyl (C=O) groups is 1. The van der Waals surface area contributed by atoms with Crippen LogP contribution in [0.25, 0.3) is 16.2 Å². The highest BCUT2D eigenvalue weighted by atomic mass is 32.1. The fourth-order valence-electron chi connectivity index (χ4n) is 2.75. The first kappa shape index (κ1) is 17.9. The average molecular weight is 399 g/mol. The molecule has 8 nitrogen and oxygen atoms in total. The molecule has 28 heavy (non-hydrogen) atoms. The van der Waals surface area contributed by atoms with Crippen molar-refractivity contribution in [3.63, 3.8) is 0 Å². The average Bonchev–Trinajstić information content (AvgIpc) is 3.20. The Labute approximate surface area is 160 Å². The summed E-state index contributed by atoms with van der Waals surface area (Å²) in [5.74, 6) is -0.893. The van der Waals surface area contributed by atoms with Crippen LogP contribution < -0.4 is 16.6 Å². The first-order chi connectivity index (χ1) is 13.4. The molecule has 0 saturated carbocycles. The molecule has 0 radical (unpaired) electrons. The van der Waals surface area contributed by atoms with Gasteiger partial charge in [-0.15, -0.1) is 0 Å². The SMILES string of the molecule is Cc1c(CNC(=O)c2c[nH]c(=O)[nH]c2=O)sc2nc(-c3ccc(F)cc3)cn12. The molecule has 0 aliphatic heterocycles. The summed E-state index contributed by atoms with van der Waals surface area (Å²) in [5.41, 5.74) is 0.846. The zero-order valence-corrected chi connectivity index (χ0v) is 15.4. The zero-order chi connectivity index (χ0) is 19.8. The predicted molar refractivity (Wildman–Crippen MR) is 102 cm³/mol. The number of benzene rings is 1. The Bertz CT molecular complexity index is 1300. The Morgan fingerprint density at radius 2 is 2.04 bits per heavy atom. The number of amides is 1. The van der Waals surface area contributed by atoms with Crippen molar-refractivity contribution in [2.24, 2.45) is 0 Å². The lowest BCUT2D eigenvalue weighted by atomic mass is 10.2. The van der Waals surface area contributed by atoms with Crippen molar-refractivity contribution < 1.29 is 9.18 Å². The van der Waals surface area contributed by atoms with Crippen LogP contribution in [-0.2, 0) is 6.54 Å². The topological polar surface area (TPSA) is 112 Å². The van der Waals surface area contributed by atoms with Crippen LogP contribution in [-0.4, -0.2) is 25.3 Å². The van der Waals surface area contributed by atoms with Crippen molar-refractivity contribution in [3.8, 4) is 11.3 Å². The van der Waals surface area contributed by atoms with Gasteiger partial charge in [-0.3, -0.25) is 19.0 Å². The molecular formula is C18H14FN5O3S. The number of aromatic nitrogens is 4. The molecule has 4 rings (SSSR count). The summed E-state index contributed by atoms with van der Waals surface area (Å²) < 4.78 is 15.0. The number of nitrogens with zero attached hydrogens (tertiary/aromatic N) is 2. The summed E-state index contributed by atoms with van der Waals surface area (Å²) in [6.45, 7) is 2.11. The molecule has 0 saturated heterocycles. The summed E-state index contributed by atoms with van der Waals surface area (Å²) in [4.78, 5) is 45.3. The van der Waals surface area contributed by atoms with Gasteiger partial charge < -0.3 is 10.3 Å². The molecule has 10 heteroatoms. The Morgan fingerprint density at radius 1 is 1.29 bits per heavy atom. The van der Waals surface area contributed by atoms with Gasteiger partial charge in [0.2, 0.25) is 0 Å². The summed E-state index contributed by atoms with van der Waals surface area (Å²) in [7, 11) is 0. The van der Waals surface area contributed by atoms with Gasteiger partial charge in [0.1, 0.15) is 11.4 Å². The molecule has 0 aliphatic rings. The summed E-state index contributed by atoms with van der Waals surface area (Å²) in [6, 6.07) is 6.10. The number of carbonyl (C=O) groups excluding carboxylic acids is 1. The molecule has 0 bridgehead atoms. The zero-order valence-electron chi connectivity index (χ0n) is 14.6. The van der Waals surface area contributed by atoms with E-state index >= 15 is 0 Å². The van der Waals surface area contributed by atoms with E-state index in [-0.39, 0.29) is 17.9 Å². The van der Waals surface area contributed by atoms with E-state index in [0.717, 1.165) is 33.0 Å². The maximum absolute atomic E-state index is 13.1. The van der Waals surface area contributed by atoms with Gasteiger partial charge in [-0.05, 0) is 31.2 Å². The standard InChI is InChI=1S/C18H14FN5O3S/c1-9-14(7-20-15(25)12-6-21-17(27)23-16(12)26)28-18-22-13(8-24(9)18)10-2-4-11(19)5-3-10/h2-6,8H,7H2,1H3,(H,20,25)(H2,21,23,26,27). The number of hydrogen-bond donors (Lipinski definition) is 3. The molecule has 3 N–H and O–H groups in total. The van der Waals surface area contributed by atoms with Gasteiger partial charge in [0, 0.05) is 28.5 Å². The Kier molecular flexibility index (Phi) is 4.40. The molecule has 3 aromatic heterocycles. The van der Waals surface area contributed by atoms with Crippen LogP contribution >= 0.6 is 11.3 Å². The molecule has 0 aliphatic carbocycles. The second-order valence-corrected chi connectivity index (χ2v) is 7.13. The number of rotatable bonds is 4. The molecule has 0 atom stereocenters. The minimum absolute atomic E-state index is 0.169. The lowest BCUT2D eigenvalue weighted by Gasteiger charge is -2.03. The van der Waals surface area contributed by atoms with Gasteiger partial charge in [0.05, 0.1) is 12.2 Å². The molecule has 0 unspecified atom stereocenters. The molecule has 1 aromatic carbocycles. The maximum Gasteiger partial charge on any atom is 0.325 e. The lowest BCUT2D eigenvalue weighted by Crippen LogP contribution is -2.33. The number of hydrogen-bond acceptors (Lipinski definition) is 5. The van der Waals surface area contributed by atoms with E-state index in [1.54, 1.807) is 12.1 Å². The van der Waals surface area contributed by atoms with E-state index in [9.17, 15) is 18.8 Å². The first-order valence-corrected chi connectivity index (χ1v) is 9.07. The number of H-pyrrole nitrogens is 2. The van der Waals surface area contributed by atoms with Gasteiger partial charge in [-0.1, -0.05) is 11.3 Å². The van der Waals surface area contributed by atoms with Crippen molar-refractivity contribution in [3.05, 3.63) is 79.4 Å². The highest BCUT2D eigenvalue weighted by Gasteiger charge is 2.15. The second-order valence-electron chi connectivity index (χ2n) is 6.06. The number of aromatic amines is 2. The smallest absolute Gasteiger partial charge is 0.325 e. The normalized spacial score (nSPS) is 11.1. The van der Waals surface area contributed by atoms with E-state index in [0.29, 0.717) is 0 Å². The van der Waals surface area contributed by atoms with Gasteiger partial charge >= 0.3 is 5.69 Å². The number of imidazole rings is 1. The summed E-state index contributed by atoms with van der Waals surface area (Å²) >= 11 is 1.41. The quantitative estimate of drug-likeness (QED) is 0.486. The molecule has 142 valence electrons. The Morgan fingerprint density at radius 3 is 2.71 bits per heavy atom. The summed E-state index contributed by atoms with van der Waals surface area (Å²) in [5, 5.41) is 2.67. The second kappa shape index (κ2) is 6.89. The van der Waals surface area contributed by atoms with Gasteiger partial charge in [0.15, 0.2) is 4.96 Å².